The summed E-state index contributed by atoms with van der Waals surface area (Å²) < 4.78 is 5.32. The van der Waals surface area contributed by atoms with Crippen LogP contribution in [0.2, 0.25) is 0 Å². The van der Waals surface area contributed by atoms with Gasteiger partial charge >= 0.3 is 0 Å². The molecule has 18 heavy (non-hydrogen) atoms. The zero-order valence-corrected chi connectivity index (χ0v) is 10.5. The second-order valence-corrected chi connectivity index (χ2v) is 3.87. The smallest absolute Gasteiger partial charge is 0.223 e. The molecular formula is C13H16N4O. The van der Waals surface area contributed by atoms with Gasteiger partial charge in [0, 0.05) is 12.7 Å². The highest BCUT2D eigenvalue weighted by Crippen LogP contribution is 2.20. The monoisotopic (exact) mass is 244 g/mol. The summed E-state index contributed by atoms with van der Waals surface area (Å²) >= 11 is 0. The van der Waals surface area contributed by atoms with E-state index in [2.05, 4.69) is 15.0 Å². The van der Waals surface area contributed by atoms with Gasteiger partial charge in [0.05, 0.1) is 0 Å². The van der Waals surface area contributed by atoms with Crippen LogP contribution < -0.4 is 5.73 Å². The molecular weight excluding hydrogens is 228 g/mol. The van der Waals surface area contributed by atoms with Gasteiger partial charge < -0.3 is 10.5 Å². The van der Waals surface area contributed by atoms with Crippen molar-refractivity contribution in [3.8, 4) is 11.4 Å². The number of rotatable bonds is 4. The number of nitrogens with two attached hydrogens (primary N) is 1. The molecule has 5 nitrogen and oxygen atoms in total. The second-order valence-electron chi connectivity index (χ2n) is 3.87. The number of nitrogens with zero attached hydrogens (tertiary/aromatic N) is 3. The summed E-state index contributed by atoms with van der Waals surface area (Å²) in [6.45, 7) is 2.01. The average molecular weight is 244 g/mol. The largest absolute Gasteiger partial charge is 0.373 e. The van der Waals surface area contributed by atoms with Crippen molar-refractivity contribution in [3.05, 3.63) is 36.2 Å². The molecule has 0 saturated heterocycles. The third-order valence-electron chi connectivity index (χ3n) is 2.65. The summed E-state index contributed by atoms with van der Waals surface area (Å²) in [7, 11) is 1.64. The van der Waals surface area contributed by atoms with Gasteiger partial charge in [0.25, 0.3) is 0 Å². The summed E-state index contributed by atoms with van der Waals surface area (Å²) in [4.78, 5) is 12.7. The summed E-state index contributed by atoms with van der Waals surface area (Å²) in [6, 6.07) is 9.68. The van der Waals surface area contributed by atoms with Crippen LogP contribution in [-0.2, 0) is 4.74 Å². The Hall–Kier alpha value is -2.01. The number of hydrogen-bond donors (Lipinski definition) is 1. The van der Waals surface area contributed by atoms with Gasteiger partial charge in [-0.25, -0.2) is 4.98 Å². The average Bonchev–Trinajstić information content (AvgIpc) is 2.40. The van der Waals surface area contributed by atoms with E-state index in [1.165, 1.54) is 0 Å². The molecule has 0 saturated carbocycles. The van der Waals surface area contributed by atoms with E-state index in [1.54, 1.807) is 7.11 Å². The van der Waals surface area contributed by atoms with Gasteiger partial charge in [-0.2, -0.15) is 9.97 Å². The van der Waals surface area contributed by atoms with Crippen LogP contribution in [0.4, 0.5) is 5.95 Å². The van der Waals surface area contributed by atoms with E-state index in [-0.39, 0.29) is 12.1 Å². The first-order chi connectivity index (χ1) is 8.74. The highest BCUT2D eigenvalue weighted by molar-refractivity contribution is 5.55. The standard InChI is InChI=1S/C13H16N4O/c1-3-10(18-2)12-15-11(16-13(14)17-12)9-7-5-4-6-8-9/h4-8,10H,3H2,1-2H3,(H2,14,15,16,17). The first kappa shape index (κ1) is 12.4. The van der Waals surface area contributed by atoms with Gasteiger partial charge in [0.1, 0.15) is 6.10 Å². The molecule has 0 fully saturated rings. The summed E-state index contributed by atoms with van der Waals surface area (Å²) in [5.41, 5.74) is 6.64. The van der Waals surface area contributed by atoms with Crippen molar-refractivity contribution in [1.29, 1.82) is 0 Å². The lowest BCUT2D eigenvalue weighted by Crippen LogP contribution is -2.10. The minimum Gasteiger partial charge on any atom is -0.373 e. The molecule has 2 N–H and O–H groups in total. The maximum atomic E-state index is 5.73. The fourth-order valence-electron chi connectivity index (χ4n) is 1.72. The van der Waals surface area contributed by atoms with Gasteiger partial charge in [0.15, 0.2) is 11.6 Å². The molecule has 0 bridgehead atoms. The molecule has 1 aromatic carbocycles. The maximum absolute atomic E-state index is 5.73. The zero-order valence-electron chi connectivity index (χ0n) is 10.5. The molecule has 0 amide bonds. The van der Waals surface area contributed by atoms with Gasteiger partial charge in [-0.1, -0.05) is 37.3 Å². The van der Waals surface area contributed by atoms with Crippen LogP contribution >= 0.6 is 0 Å². The fourth-order valence-corrected chi connectivity index (χ4v) is 1.72. The molecule has 0 radical (unpaired) electrons. The van der Waals surface area contributed by atoms with Crippen molar-refractivity contribution in [3.63, 3.8) is 0 Å². The van der Waals surface area contributed by atoms with E-state index < -0.39 is 0 Å². The highest BCUT2D eigenvalue weighted by Gasteiger charge is 2.14. The van der Waals surface area contributed by atoms with Crippen molar-refractivity contribution in [2.24, 2.45) is 0 Å². The van der Waals surface area contributed by atoms with Crippen LogP contribution in [0, 0.1) is 0 Å². The van der Waals surface area contributed by atoms with Gasteiger partial charge in [-0.05, 0) is 6.42 Å². The van der Waals surface area contributed by atoms with E-state index in [9.17, 15) is 0 Å². The number of anilines is 1. The van der Waals surface area contributed by atoms with Gasteiger partial charge in [-0.3, -0.25) is 0 Å². The normalized spacial score (nSPS) is 12.3. The van der Waals surface area contributed by atoms with Crippen LogP contribution in [0.15, 0.2) is 30.3 Å². The van der Waals surface area contributed by atoms with Crippen LogP contribution in [0.25, 0.3) is 11.4 Å². The first-order valence-electron chi connectivity index (χ1n) is 5.84. The third-order valence-corrected chi connectivity index (χ3v) is 2.65. The van der Waals surface area contributed by atoms with Crippen molar-refractivity contribution in [2.75, 3.05) is 12.8 Å². The molecule has 0 spiro atoms. The number of benzene rings is 1. The van der Waals surface area contributed by atoms with Crippen LogP contribution in [0.1, 0.15) is 25.3 Å². The Balaban J connectivity index is 2.44. The number of aromatic nitrogens is 3. The SMILES string of the molecule is CCC(OC)c1nc(N)nc(-c2ccccc2)n1. The van der Waals surface area contributed by atoms with Crippen LogP contribution in [0.3, 0.4) is 0 Å². The summed E-state index contributed by atoms with van der Waals surface area (Å²) in [5, 5.41) is 0. The number of ether oxygens (including phenoxy) is 1. The minimum atomic E-state index is -0.155. The summed E-state index contributed by atoms with van der Waals surface area (Å²) in [5.74, 6) is 1.37. The van der Waals surface area contributed by atoms with Crippen molar-refractivity contribution < 1.29 is 4.74 Å². The Morgan fingerprint density at radius 2 is 1.89 bits per heavy atom. The molecule has 5 heteroatoms. The van der Waals surface area contributed by atoms with Crippen LogP contribution in [-0.4, -0.2) is 22.1 Å². The topological polar surface area (TPSA) is 73.9 Å². The predicted octanol–water partition coefficient (Wildman–Crippen LogP) is 2.22. The lowest BCUT2D eigenvalue weighted by Gasteiger charge is -2.12. The molecule has 0 aliphatic heterocycles. The highest BCUT2D eigenvalue weighted by atomic mass is 16.5. The quantitative estimate of drug-likeness (QED) is 0.892. The molecule has 1 atom stereocenters. The van der Waals surface area contributed by atoms with E-state index in [1.807, 2.05) is 37.3 Å². The molecule has 1 heterocycles. The van der Waals surface area contributed by atoms with Gasteiger partial charge in [0.2, 0.25) is 5.95 Å². The molecule has 1 aromatic heterocycles. The Bertz CT molecular complexity index is 512. The number of hydrogen-bond acceptors (Lipinski definition) is 5. The maximum Gasteiger partial charge on any atom is 0.223 e. The van der Waals surface area contributed by atoms with Crippen molar-refractivity contribution >= 4 is 5.95 Å². The van der Waals surface area contributed by atoms with E-state index in [4.69, 9.17) is 10.5 Å². The van der Waals surface area contributed by atoms with Crippen molar-refractivity contribution in [2.45, 2.75) is 19.4 Å². The third kappa shape index (κ3) is 2.62. The lowest BCUT2D eigenvalue weighted by molar-refractivity contribution is 0.0926. The molecule has 0 aliphatic carbocycles. The lowest BCUT2D eigenvalue weighted by atomic mass is 10.2. The zero-order chi connectivity index (χ0) is 13.0. The van der Waals surface area contributed by atoms with E-state index >= 15 is 0 Å². The van der Waals surface area contributed by atoms with E-state index in [0.29, 0.717) is 11.6 Å². The molecule has 1 unspecified atom stereocenters. The second kappa shape index (κ2) is 5.55. The Kier molecular flexibility index (Phi) is 3.84. The number of nitrogen functional groups attached to an aromatic ring is 1. The molecule has 2 rings (SSSR count). The van der Waals surface area contributed by atoms with Crippen LogP contribution in [0.5, 0.6) is 0 Å². The Labute approximate surface area is 106 Å². The molecule has 94 valence electrons. The molecule has 2 aromatic rings. The van der Waals surface area contributed by atoms with Gasteiger partial charge in [-0.15, -0.1) is 0 Å². The summed E-state index contributed by atoms with van der Waals surface area (Å²) in [6.07, 6.45) is 0.631. The fraction of sp³-hybridized carbons (Fsp3) is 0.308. The number of methoxy groups -OCH3 is 1. The minimum absolute atomic E-state index is 0.155. The molecule has 0 aliphatic rings. The Morgan fingerprint density at radius 1 is 1.17 bits per heavy atom. The van der Waals surface area contributed by atoms with E-state index in [0.717, 1.165) is 12.0 Å². The van der Waals surface area contributed by atoms with Crippen molar-refractivity contribution in [1.82, 2.24) is 15.0 Å². The Morgan fingerprint density at radius 3 is 2.50 bits per heavy atom. The first-order valence-corrected chi connectivity index (χ1v) is 5.84. The predicted molar refractivity (Wildman–Crippen MR) is 69.7 cm³/mol.